The predicted molar refractivity (Wildman–Crippen MR) is 98.5 cm³/mol. The van der Waals surface area contributed by atoms with E-state index in [-0.39, 0.29) is 23.0 Å². The van der Waals surface area contributed by atoms with Crippen molar-refractivity contribution in [3.8, 4) is 5.75 Å². The van der Waals surface area contributed by atoms with Gasteiger partial charge >= 0.3 is 0 Å². The van der Waals surface area contributed by atoms with Crippen molar-refractivity contribution < 1.29 is 18.6 Å². The molecule has 2 fully saturated rings. The van der Waals surface area contributed by atoms with Crippen LogP contribution in [0.3, 0.4) is 0 Å². The third-order valence-corrected chi connectivity index (χ3v) is 6.07. The number of ether oxygens (including phenoxy) is 1. The second kappa shape index (κ2) is 8.09. The van der Waals surface area contributed by atoms with Gasteiger partial charge in [0.2, 0.25) is 0 Å². The molecule has 0 bridgehead atoms. The fourth-order valence-electron chi connectivity index (χ4n) is 4.37. The Morgan fingerprint density at radius 3 is 2.38 bits per heavy atom. The minimum atomic E-state index is -1.03. The summed E-state index contributed by atoms with van der Waals surface area (Å²) < 4.78 is 32.3. The first kappa shape index (κ1) is 19.4. The Balaban J connectivity index is 1.52. The molecule has 0 spiro atoms. The fraction of sp³-hybridized carbons (Fsp3) is 0.700. The highest BCUT2D eigenvalue weighted by Crippen LogP contribution is 2.37. The van der Waals surface area contributed by atoms with E-state index in [2.05, 4.69) is 24.1 Å². The van der Waals surface area contributed by atoms with Gasteiger partial charge in [-0.1, -0.05) is 0 Å². The molecule has 0 aromatic heterocycles. The molecule has 26 heavy (non-hydrogen) atoms. The van der Waals surface area contributed by atoms with E-state index in [0.29, 0.717) is 6.10 Å². The summed E-state index contributed by atoms with van der Waals surface area (Å²) in [6.07, 6.45) is 6.78. The number of hydrogen-bond donors (Lipinski definition) is 2. The Kier molecular flexibility index (Phi) is 6.03. The smallest absolute Gasteiger partial charge is 0.162 e. The Morgan fingerprint density at radius 2 is 1.77 bits per heavy atom. The summed E-state index contributed by atoms with van der Waals surface area (Å²) in [5.41, 5.74) is 0.494. The molecule has 0 amide bonds. The molecule has 1 aromatic carbocycles. The van der Waals surface area contributed by atoms with Crippen LogP contribution in [0.15, 0.2) is 12.1 Å². The van der Waals surface area contributed by atoms with Crippen molar-refractivity contribution in [2.45, 2.75) is 70.1 Å². The van der Waals surface area contributed by atoms with E-state index < -0.39 is 11.6 Å². The Morgan fingerprint density at radius 1 is 1.15 bits per heavy atom. The second-order valence-electron chi connectivity index (χ2n) is 7.84. The van der Waals surface area contributed by atoms with Crippen molar-refractivity contribution in [3.05, 3.63) is 23.8 Å². The summed E-state index contributed by atoms with van der Waals surface area (Å²) in [6, 6.07) is 2.02. The number of rotatable bonds is 5. The topological polar surface area (TPSA) is 44.7 Å². The number of phenolic OH excluding ortho intramolecular Hbond substituents is 1. The van der Waals surface area contributed by atoms with E-state index in [1.807, 2.05) is 0 Å². The number of nitrogens with one attached hydrogen (secondary N) is 1. The van der Waals surface area contributed by atoms with Crippen LogP contribution in [-0.2, 0) is 4.74 Å². The Hall–Kier alpha value is -1.40. The van der Waals surface area contributed by atoms with Gasteiger partial charge in [0, 0.05) is 43.4 Å². The van der Waals surface area contributed by atoms with Crippen molar-refractivity contribution in [2.24, 2.45) is 0 Å². The molecule has 0 atom stereocenters. The molecule has 1 saturated carbocycles. The number of piperidine rings is 1. The van der Waals surface area contributed by atoms with Crippen molar-refractivity contribution in [3.63, 3.8) is 0 Å². The van der Waals surface area contributed by atoms with Crippen molar-refractivity contribution in [2.75, 3.05) is 25.0 Å². The first-order chi connectivity index (χ1) is 12.4. The zero-order valence-electron chi connectivity index (χ0n) is 15.7. The first-order valence-electron chi connectivity index (χ1n) is 9.72. The minimum absolute atomic E-state index is 0.158. The van der Waals surface area contributed by atoms with E-state index in [4.69, 9.17) is 4.74 Å². The molecule has 0 radical (unpaired) electrons. The number of halogens is 2. The maximum atomic E-state index is 13.4. The molecule has 1 aliphatic carbocycles. The number of phenols is 1. The lowest BCUT2D eigenvalue weighted by Crippen LogP contribution is -2.53. The number of aromatic hydroxyl groups is 1. The largest absolute Gasteiger partial charge is 0.506 e. The van der Waals surface area contributed by atoms with E-state index >= 15 is 0 Å². The fourth-order valence-corrected chi connectivity index (χ4v) is 4.37. The Bertz CT molecular complexity index is 610. The van der Waals surface area contributed by atoms with Crippen molar-refractivity contribution >= 4 is 5.69 Å². The number of anilines is 1. The number of hydrogen-bond acceptors (Lipinski definition) is 4. The second-order valence-corrected chi connectivity index (χ2v) is 7.84. The van der Waals surface area contributed by atoms with E-state index in [9.17, 15) is 13.9 Å². The summed E-state index contributed by atoms with van der Waals surface area (Å²) in [5.74, 6) is -2.22. The number of nitrogens with zero attached hydrogens (tertiary/aromatic N) is 1. The van der Waals surface area contributed by atoms with Crippen LogP contribution in [-0.4, -0.2) is 47.4 Å². The van der Waals surface area contributed by atoms with E-state index in [1.165, 1.54) is 0 Å². The van der Waals surface area contributed by atoms with Crippen LogP contribution < -0.4 is 5.32 Å². The summed E-state index contributed by atoms with van der Waals surface area (Å²) >= 11 is 0. The van der Waals surface area contributed by atoms with Crippen LogP contribution in [0.25, 0.3) is 0 Å². The SMILES string of the molecule is CCO[C@H]1CC[C@](C)(N2CCC(Nc3cc(F)c(F)cc3O)CC2)CC1. The van der Waals surface area contributed by atoms with Crippen LogP contribution in [0.4, 0.5) is 14.5 Å². The standard InChI is InChI=1S/C20H30F2N2O2/c1-3-26-15-4-8-20(2,9-5-15)24-10-6-14(7-11-24)23-18-12-16(21)17(22)13-19(18)25/h12-15,23,25H,3-11H2,1-2H3/t15-,20-. The third kappa shape index (κ3) is 4.29. The quantitative estimate of drug-likeness (QED) is 0.762. The average Bonchev–Trinajstić information content (AvgIpc) is 2.62. The normalized spacial score (nSPS) is 28.2. The first-order valence-corrected chi connectivity index (χ1v) is 9.72. The van der Waals surface area contributed by atoms with Gasteiger partial charge in [0.15, 0.2) is 11.6 Å². The molecule has 1 saturated heterocycles. The predicted octanol–water partition coefficient (Wildman–Crippen LogP) is 4.28. The lowest BCUT2D eigenvalue weighted by atomic mass is 9.79. The summed E-state index contributed by atoms with van der Waals surface area (Å²) in [4.78, 5) is 2.57. The number of benzene rings is 1. The van der Waals surface area contributed by atoms with Crippen LogP contribution in [0, 0.1) is 11.6 Å². The van der Waals surface area contributed by atoms with Gasteiger partial charge in [0.1, 0.15) is 5.75 Å². The molecule has 4 nitrogen and oxygen atoms in total. The lowest BCUT2D eigenvalue weighted by molar-refractivity contribution is -0.0242. The third-order valence-electron chi connectivity index (χ3n) is 6.07. The average molecular weight is 368 g/mol. The molecule has 6 heteroatoms. The van der Waals surface area contributed by atoms with Crippen molar-refractivity contribution in [1.82, 2.24) is 4.90 Å². The molecule has 1 aromatic rings. The molecule has 1 heterocycles. The molecule has 146 valence electrons. The van der Waals surface area contributed by atoms with Gasteiger partial charge < -0.3 is 15.2 Å². The molecular weight excluding hydrogens is 338 g/mol. The zero-order valence-corrected chi connectivity index (χ0v) is 15.7. The lowest BCUT2D eigenvalue weighted by Gasteiger charge is -2.48. The van der Waals surface area contributed by atoms with Crippen LogP contribution in [0.1, 0.15) is 52.4 Å². The van der Waals surface area contributed by atoms with Gasteiger partial charge in [-0.05, 0) is 52.4 Å². The molecule has 3 rings (SSSR count). The minimum Gasteiger partial charge on any atom is -0.506 e. The molecule has 2 aliphatic rings. The Labute approximate surface area is 154 Å². The van der Waals surface area contributed by atoms with E-state index in [0.717, 1.165) is 70.4 Å². The summed E-state index contributed by atoms with van der Waals surface area (Å²) in [5, 5.41) is 13.0. The van der Waals surface area contributed by atoms with Gasteiger partial charge in [-0.3, -0.25) is 4.90 Å². The molecule has 0 unspecified atom stereocenters. The number of likely N-dealkylation sites (tertiary alicyclic amines) is 1. The van der Waals surface area contributed by atoms with Crippen LogP contribution in [0.2, 0.25) is 0 Å². The molecule has 2 N–H and O–H groups in total. The monoisotopic (exact) mass is 368 g/mol. The van der Waals surface area contributed by atoms with Crippen LogP contribution in [0.5, 0.6) is 5.75 Å². The van der Waals surface area contributed by atoms with Gasteiger partial charge in [-0.15, -0.1) is 0 Å². The zero-order chi connectivity index (χ0) is 18.7. The van der Waals surface area contributed by atoms with E-state index in [1.54, 1.807) is 0 Å². The van der Waals surface area contributed by atoms with Gasteiger partial charge in [0.25, 0.3) is 0 Å². The summed E-state index contributed by atoms with van der Waals surface area (Å²) in [7, 11) is 0. The maximum Gasteiger partial charge on any atom is 0.162 e. The molecular formula is C20H30F2N2O2. The van der Waals surface area contributed by atoms with Crippen LogP contribution >= 0.6 is 0 Å². The molecule has 1 aliphatic heterocycles. The van der Waals surface area contributed by atoms with Gasteiger partial charge in [-0.2, -0.15) is 0 Å². The summed E-state index contributed by atoms with van der Waals surface area (Å²) in [6.45, 7) is 7.13. The van der Waals surface area contributed by atoms with Gasteiger partial charge in [-0.25, -0.2) is 8.78 Å². The highest BCUT2D eigenvalue weighted by Gasteiger charge is 2.38. The van der Waals surface area contributed by atoms with Crippen molar-refractivity contribution in [1.29, 1.82) is 0 Å². The highest BCUT2D eigenvalue weighted by molar-refractivity contribution is 5.56. The highest BCUT2D eigenvalue weighted by atomic mass is 19.2. The van der Waals surface area contributed by atoms with Gasteiger partial charge in [0.05, 0.1) is 11.8 Å². The maximum absolute atomic E-state index is 13.4.